The number of hydrogen-bond donors (Lipinski definition) is 1. The van der Waals surface area contributed by atoms with Crippen LogP contribution in [-0.4, -0.2) is 18.6 Å². The molecule has 1 aromatic heterocycles. The maximum Gasteiger partial charge on any atom is 0.0302 e. The summed E-state index contributed by atoms with van der Waals surface area (Å²) in [5.41, 5.74) is 2.94. The lowest BCUT2D eigenvalue weighted by atomic mass is 9.94. The van der Waals surface area contributed by atoms with Gasteiger partial charge in [0, 0.05) is 18.9 Å². The van der Waals surface area contributed by atoms with Crippen LogP contribution in [0.1, 0.15) is 24.0 Å². The average Bonchev–Trinajstić information content (AvgIpc) is 2.44. The molecule has 2 heteroatoms. The molecule has 0 saturated heterocycles. The van der Waals surface area contributed by atoms with Gasteiger partial charge in [-0.3, -0.25) is 4.98 Å². The van der Waals surface area contributed by atoms with Gasteiger partial charge >= 0.3 is 0 Å². The molecule has 1 aliphatic carbocycles. The number of hydrogen-bond acceptors (Lipinski definition) is 2. The van der Waals surface area contributed by atoms with E-state index in [4.69, 9.17) is 0 Å². The van der Waals surface area contributed by atoms with E-state index >= 15 is 0 Å². The van der Waals surface area contributed by atoms with Crippen LogP contribution in [0.5, 0.6) is 0 Å². The first-order valence-corrected chi connectivity index (χ1v) is 4.90. The van der Waals surface area contributed by atoms with E-state index in [-0.39, 0.29) is 0 Å². The summed E-state index contributed by atoms with van der Waals surface area (Å²) in [6.07, 6.45) is 5.11. The minimum absolute atomic E-state index is 0.683. The van der Waals surface area contributed by atoms with Crippen LogP contribution in [-0.2, 0) is 6.42 Å². The Morgan fingerprint density at radius 3 is 3.23 bits per heavy atom. The third kappa shape index (κ3) is 1.46. The molecule has 0 bridgehead atoms. The van der Waals surface area contributed by atoms with Crippen molar-refractivity contribution < 1.29 is 0 Å². The van der Waals surface area contributed by atoms with Gasteiger partial charge in [-0.1, -0.05) is 6.92 Å². The highest BCUT2D eigenvalue weighted by atomic mass is 14.8. The third-order valence-electron chi connectivity index (χ3n) is 2.99. The number of likely N-dealkylation sites (N-methyl/N-ethyl adjacent to an activating group) is 1. The van der Waals surface area contributed by atoms with Crippen molar-refractivity contribution in [3.8, 4) is 0 Å². The first kappa shape index (κ1) is 8.70. The first-order valence-electron chi connectivity index (χ1n) is 4.90. The van der Waals surface area contributed by atoms with Crippen LogP contribution in [0.4, 0.5) is 0 Å². The van der Waals surface area contributed by atoms with E-state index < -0.39 is 0 Å². The van der Waals surface area contributed by atoms with Crippen LogP contribution in [0.15, 0.2) is 18.5 Å². The number of aromatic nitrogens is 1. The quantitative estimate of drug-likeness (QED) is 0.740. The predicted molar refractivity (Wildman–Crippen MR) is 53.8 cm³/mol. The number of fused-ring (bicyclic) bond motifs is 1. The minimum Gasteiger partial charge on any atom is -0.319 e. The molecule has 2 nitrogen and oxygen atoms in total. The monoisotopic (exact) mass is 176 g/mol. The van der Waals surface area contributed by atoms with Crippen molar-refractivity contribution in [1.82, 2.24) is 10.3 Å². The summed E-state index contributed by atoms with van der Waals surface area (Å²) in [7, 11) is 2.02. The zero-order valence-electron chi connectivity index (χ0n) is 8.25. The van der Waals surface area contributed by atoms with E-state index in [9.17, 15) is 0 Å². The lowest BCUT2D eigenvalue weighted by Gasteiger charge is -2.15. The molecule has 0 spiro atoms. The van der Waals surface area contributed by atoms with E-state index in [1.807, 2.05) is 19.4 Å². The molecule has 1 aliphatic rings. The molecule has 1 N–H and O–H groups in total. The van der Waals surface area contributed by atoms with Crippen LogP contribution >= 0.6 is 0 Å². The Kier molecular flexibility index (Phi) is 2.32. The van der Waals surface area contributed by atoms with Crippen molar-refractivity contribution in [3.05, 3.63) is 29.6 Å². The Morgan fingerprint density at radius 1 is 1.62 bits per heavy atom. The number of nitrogens with one attached hydrogen (secondary N) is 1. The fourth-order valence-electron chi connectivity index (χ4n) is 2.30. The van der Waals surface area contributed by atoms with E-state index in [1.54, 1.807) is 0 Å². The zero-order chi connectivity index (χ0) is 9.26. The van der Waals surface area contributed by atoms with E-state index in [0.717, 1.165) is 12.5 Å². The molecule has 0 radical (unpaired) electrons. The van der Waals surface area contributed by atoms with Crippen molar-refractivity contribution in [2.24, 2.45) is 5.92 Å². The molecule has 0 amide bonds. The lowest BCUT2D eigenvalue weighted by Crippen LogP contribution is -2.19. The summed E-state index contributed by atoms with van der Waals surface area (Å²) in [6, 6.07) is 2.17. The Bertz CT molecular complexity index is 296. The van der Waals surface area contributed by atoms with Gasteiger partial charge in [-0.15, -0.1) is 0 Å². The van der Waals surface area contributed by atoms with Crippen molar-refractivity contribution >= 4 is 0 Å². The van der Waals surface area contributed by atoms with Crippen molar-refractivity contribution in [2.45, 2.75) is 19.3 Å². The van der Waals surface area contributed by atoms with Gasteiger partial charge in [-0.05, 0) is 42.5 Å². The molecule has 0 saturated carbocycles. The van der Waals surface area contributed by atoms with Crippen LogP contribution in [0, 0.1) is 5.92 Å². The predicted octanol–water partition coefficient (Wildman–Crippen LogP) is 1.58. The highest BCUT2D eigenvalue weighted by Gasteiger charge is 2.28. The second-order valence-corrected chi connectivity index (χ2v) is 3.92. The number of nitrogens with zero attached hydrogens (tertiary/aromatic N) is 1. The summed E-state index contributed by atoms with van der Waals surface area (Å²) in [6.45, 7) is 3.40. The third-order valence-corrected chi connectivity index (χ3v) is 2.99. The molecular weight excluding hydrogens is 160 g/mol. The van der Waals surface area contributed by atoms with E-state index in [1.165, 1.54) is 17.5 Å². The van der Waals surface area contributed by atoms with Gasteiger partial charge in [0.1, 0.15) is 0 Å². The maximum atomic E-state index is 4.16. The van der Waals surface area contributed by atoms with E-state index in [0.29, 0.717) is 5.92 Å². The molecule has 0 fully saturated rings. The molecule has 2 unspecified atom stereocenters. The molecule has 2 rings (SSSR count). The maximum absolute atomic E-state index is 4.16. The van der Waals surface area contributed by atoms with Gasteiger partial charge in [-0.25, -0.2) is 0 Å². The Hall–Kier alpha value is -0.890. The van der Waals surface area contributed by atoms with E-state index in [2.05, 4.69) is 23.3 Å². The Labute approximate surface area is 79.4 Å². The average molecular weight is 176 g/mol. The van der Waals surface area contributed by atoms with Gasteiger partial charge in [0.15, 0.2) is 0 Å². The van der Waals surface area contributed by atoms with Crippen molar-refractivity contribution in [1.29, 1.82) is 0 Å². The summed E-state index contributed by atoms with van der Waals surface area (Å²) < 4.78 is 0. The molecule has 1 aromatic rings. The van der Waals surface area contributed by atoms with Gasteiger partial charge in [0.2, 0.25) is 0 Å². The summed E-state index contributed by atoms with van der Waals surface area (Å²) in [5.74, 6) is 1.44. The molecular formula is C11H16N2. The highest BCUT2D eigenvalue weighted by Crippen LogP contribution is 2.36. The second-order valence-electron chi connectivity index (χ2n) is 3.92. The Morgan fingerprint density at radius 2 is 2.46 bits per heavy atom. The van der Waals surface area contributed by atoms with Crippen LogP contribution in [0.25, 0.3) is 0 Å². The normalized spacial score (nSPS) is 26.0. The molecule has 2 atom stereocenters. The molecule has 70 valence electrons. The van der Waals surface area contributed by atoms with Crippen molar-refractivity contribution in [2.75, 3.05) is 13.6 Å². The summed E-state index contributed by atoms with van der Waals surface area (Å²) >= 11 is 0. The van der Waals surface area contributed by atoms with Crippen molar-refractivity contribution in [3.63, 3.8) is 0 Å². The highest BCUT2D eigenvalue weighted by molar-refractivity contribution is 5.33. The second kappa shape index (κ2) is 3.46. The van der Waals surface area contributed by atoms with Crippen LogP contribution in [0.3, 0.4) is 0 Å². The SMILES string of the molecule is CNCC1c2ccncc2CC1C. The minimum atomic E-state index is 0.683. The Balaban J connectivity index is 2.29. The van der Waals surface area contributed by atoms with Gasteiger partial charge in [0.25, 0.3) is 0 Å². The smallest absolute Gasteiger partial charge is 0.0302 e. The first-order chi connectivity index (χ1) is 6.33. The fraction of sp³-hybridized carbons (Fsp3) is 0.545. The number of pyridine rings is 1. The molecule has 13 heavy (non-hydrogen) atoms. The standard InChI is InChI=1S/C11H16N2/c1-8-5-9-6-13-4-3-10(9)11(8)7-12-2/h3-4,6,8,11-12H,5,7H2,1-2H3. The summed E-state index contributed by atoms with van der Waals surface area (Å²) in [4.78, 5) is 4.16. The zero-order valence-corrected chi connectivity index (χ0v) is 8.25. The van der Waals surface area contributed by atoms with Gasteiger partial charge in [-0.2, -0.15) is 0 Å². The molecule has 0 aliphatic heterocycles. The summed E-state index contributed by atoms with van der Waals surface area (Å²) in [5, 5.41) is 3.26. The van der Waals surface area contributed by atoms with Crippen LogP contribution in [0.2, 0.25) is 0 Å². The lowest BCUT2D eigenvalue weighted by molar-refractivity contribution is 0.480. The largest absolute Gasteiger partial charge is 0.319 e. The van der Waals surface area contributed by atoms with Crippen LogP contribution < -0.4 is 5.32 Å². The fourth-order valence-corrected chi connectivity index (χ4v) is 2.30. The van der Waals surface area contributed by atoms with Gasteiger partial charge < -0.3 is 5.32 Å². The van der Waals surface area contributed by atoms with Gasteiger partial charge in [0.05, 0.1) is 0 Å². The topological polar surface area (TPSA) is 24.9 Å². The molecule has 0 aromatic carbocycles. The number of rotatable bonds is 2. The molecule has 1 heterocycles.